The largest absolute Gasteiger partial charge is 0.206 e. The van der Waals surface area contributed by atoms with Gasteiger partial charge in [-0.2, -0.15) is 0 Å². The highest BCUT2D eigenvalue weighted by Crippen LogP contribution is 2.16. The Hall–Kier alpha value is -3.29. The smallest absolute Gasteiger partial charge is 0.139 e. The van der Waals surface area contributed by atoms with Crippen molar-refractivity contribution in [3.05, 3.63) is 105 Å². The summed E-state index contributed by atoms with van der Waals surface area (Å²) in [4.78, 5) is 0. The molecule has 3 rings (SSSR count). The third-order valence-corrected chi connectivity index (χ3v) is 4.42. The van der Waals surface area contributed by atoms with Crippen LogP contribution in [-0.4, -0.2) is 0 Å². The summed E-state index contributed by atoms with van der Waals surface area (Å²) in [6.45, 7) is 7.96. The van der Waals surface area contributed by atoms with Crippen LogP contribution < -0.4 is 0 Å². The first kappa shape index (κ1) is 18.5. The van der Waals surface area contributed by atoms with Crippen molar-refractivity contribution in [2.75, 3.05) is 0 Å². The molecule has 0 unspecified atom stereocenters. The summed E-state index contributed by atoms with van der Waals surface area (Å²) in [5.41, 5.74) is 7.51. The van der Waals surface area contributed by atoms with Crippen molar-refractivity contribution in [2.45, 2.75) is 27.7 Å². The molecule has 3 aromatic rings. The minimum atomic E-state index is -0.280. The topological polar surface area (TPSA) is 0 Å². The second-order valence-corrected chi connectivity index (χ2v) is 6.83. The Morgan fingerprint density at radius 2 is 1.07 bits per heavy atom. The van der Waals surface area contributed by atoms with Crippen LogP contribution in [0.1, 0.15) is 44.5 Å². The lowest BCUT2D eigenvalue weighted by molar-refractivity contribution is 0.623. The molecular formula is C26H21F. The van der Waals surface area contributed by atoms with Gasteiger partial charge in [0.05, 0.1) is 5.56 Å². The van der Waals surface area contributed by atoms with E-state index in [-0.39, 0.29) is 5.82 Å². The van der Waals surface area contributed by atoms with Crippen LogP contribution in [0.25, 0.3) is 0 Å². The van der Waals surface area contributed by atoms with Gasteiger partial charge in [-0.15, -0.1) is 0 Å². The van der Waals surface area contributed by atoms with Crippen LogP contribution in [0.15, 0.2) is 54.6 Å². The molecule has 0 amide bonds. The molecule has 0 bridgehead atoms. The third kappa shape index (κ3) is 4.66. The van der Waals surface area contributed by atoms with Crippen molar-refractivity contribution >= 4 is 0 Å². The van der Waals surface area contributed by atoms with Crippen molar-refractivity contribution in [3.63, 3.8) is 0 Å². The van der Waals surface area contributed by atoms with Crippen LogP contribution >= 0.6 is 0 Å². The molecule has 0 heterocycles. The summed E-state index contributed by atoms with van der Waals surface area (Å²) in [5, 5.41) is 0. The van der Waals surface area contributed by atoms with Crippen LogP contribution in [0.5, 0.6) is 0 Å². The Morgan fingerprint density at radius 1 is 0.556 bits per heavy atom. The number of halogens is 1. The molecule has 0 saturated carbocycles. The average Bonchev–Trinajstić information content (AvgIpc) is 2.63. The van der Waals surface area contributed by atoms with Crippen molar-refractivity contribution in [1.29, 1.82) is 0 Å². The van der Waals surface area contributed by atoms with Gasteiger partial charge in [0.1, 0.15) is 5.82 Å². The predicted molar refractivity (Wildman–Crippen MR) is 110 cm³/mol. The summed E-state index contributed by atoms with van der Waals surface area (Å²) >= 11 is 0. The minimum Gasteiger partial charge on any atom is -0.206 e. The molecule has 1 heteroatoms. The van der Waals surface area contributed by atoms with Crippen LogP contribution in [0, 0.1) is 57.2 Å². The van der Waals surface area contributed by atoms with Gasteiger partial charge in [-0.3, -0.25) is 0 Å². The van der Waals surface area contributed by atoms with Crippen molar-refractivity contribution < 1.29 is 4.39 Å². The van der Waals surface area contributed by atoms with Gasteiger partial charge in [-0.1, -0.05) is 47.4 Å². The molecule has 0 atom stereocenters. The zero-order valence-electron chi connectivity index (χ0n) is 16.1. The first-order valence-corrected chi connectivity index (χ1v) is 8.90. The average molecular weight is 352 g/mol. The minimum absolute atomic E-state index is 0.280. The normalized spacial score (nSPS) is 9.81. The molecule has 0 fully saturated rings. The van der Waals surface area contributed by atoms with E-state index in [9.17, 15) is 4.39 Å². The molecule has 0 spiro atoms. The van der Waals surface area contributed by atoms with Crippen LogP contribution in [0.4, 0.5) is 4.39 Å². The summed E-state index contributed by atoms with van der Waals surface area (Å²) < 4.78 is 14.0. The number of hydrogen-bond donors (Lipinski definition) is 0. The Kier molecular flexibility index (Phi) is 5.44. The highest BCUT2D eigenvalue weighted by molar-refractivity contribution is 5.54. The third-order valence-electron chi connectivity index (χ3n) is 4.42. The Bertz CT molecular complexity index is 1110. The van der Waals surface area contributed by atoms with E-state index in [0.717, 1.165) is 33.4 Å². The van der Waals surface area contributed by atoms with E-state index < -0.39 is 0 Å². The van der Waals surface area contributed by atoms with Crippen molar-refractivity contribution in [2.24, 2.45) is 0 Å². The van der Waals surface area contributed by atoms with Gasteiger partial charge in [0.25, 0.3) is 0 Å². The first-order valence-electron chi connectivity index (χ1n) is 8.90. The van der Waals surface area contributed by atoms with E-state index in [1.165, 1.54) is 11.6 Å². The summed E-state index contributed by atoms with van der Waals surface area (Å²) in [6.07, 6.45) is 0. The van der Waals surface area contributed by atoms with Crippen molar-refractivity contribution in [3.8, 4) is 23.7 Å². The van der Waals surface area contributed by atoms with Crippen LogP contribution in [0.3, 0.4) is 0 Å². The predicted octanol–water partition coefficient (Wildman–Crippen LogP) is 5.86. The molecule has 3 aromatic carbocycles. The Morgan fingerprint density at radius 3 is 1.67 bits per heavy atom. The zero-order valence-corrected chi connectivity index (χ0v) is 16.1. The lowest BCUT2D eigenvalue weighted by atomic mass is 9.99. The lowest BCUT2D eigenvalue weighted by Gasteiger charge is -2.04. The van der Waals surface area contributed by atoms with E-state index in [1.807, 2.05) is 51.1 Å². The second kappa shape index (κ2) is 7.94. The number of benzene rings is 3. The maximum absolute atomic E-state index is 14.0. The van der Waals surface area contributed by atoms with E-state index in [0.29, 0.717) is 5.56 Å². The van der Waals surface area contributed by atoms with Gasteiger partial charge in [-0.05, 0) is 80.8 Å². The van der Waals surface area contributed by atoms with E-state index in [1.54, 1.807) is 6.07 Å². The second-order valence-electron chi connectivity index (χ2n) is 6.83. The van der Waals surface area contributed by atoms with Crippen molar-refractivity contribution in [1.82, 2.24) is 0 Å². The van der Waals surface area contributed by atoms with Gasteiger partial charge < -0.3 is 0 Å². The Balaban J connectivity index is 1.90. The number of aryl methyl sites for hydroxylation is 4. The molecule has 27 heavy (non-hydrogen) atoms. The number of hydrogen-bond acceptors (Lipinski definition) is 0. The zero-order chi connectivity index (χ0) is 19.4. The molecule has 0 radical (unpaired) electrons. The summed E-state index contributed by atoms with van der Waals surface area (Å²) in [5.74, 6) is 12.2. The fourth-order valence-electron chi connectivity index (χ4n) is 2.72. The molecule has 0 aliphatic rings. The lowest BCUT2D eigenvalue weighted by Crippen LogP contribution is -1.90. The fraction of sp³-hybridized carbons (Fsp3) is 0.154. The quantitative estimate of drug-likeness (QED) is 0.445. The molecule has 0 aliphatic carbocycles. The van der Waals surface area contributed by atoms with Gasteiger partial charge in [0, 0.05) is 16.7 Å². The maximum Gasteiger partial charge on any atom is 0.139 e. The maximum atomic E-state index is 14.0. The SMILES string of the molecule is Cc1ccc(C#Cc2cc(C)c(C#Cc3ccc(C)cc3F)cc2C)cc1. The summed E-state index contributed by atoms with van der Waals surface area (Å²) in [6, 6.07) is 17.3. The molecule has 0 N–H and O–H groups in total. The van der Waals surface area contributed by atoms with Gasteiger partial charge in [0.15, 0.2) is 0 Å². The van der Waals surface area contributed by atoms with Crippen LogP contribution in [0.2, 0.25) is 0 Å². The molecule has 132 valence electrons. The first-order chi connectivity index (χ1) is 12.9. The van der Waals surface area contributed by atoms with E-state index >= 15 is 0 Å². The highest BCUT2D eigenvalue weighted by Gasteiger charge is 2.02. The standard InChI is InChI=1S/C26H21F/c1-18-5-8-22(9-6-18)10-12-24-16-21(4)25(17-20(24)3)14-13-23-11-7-19(2)15-26(23)27/h5-9,11,15-17H,1-4H3. The molecule has 0 aromatic heterocycles. The van der Waals surface area contributed by atoms with Crippen LogP contribution in [-0.2, 0) is 0 Å². The molecule has 0 saturated heterocycles. The fourth-order valence-corrected chi connectivity index (χ4v) is 2.72. The van der Waals surface area contributed by atoms with E-state index in [2.05, 4.69) is 42.7 Å². The Labute approximate surface area is 161 Å². The molecule has 0 nitrogen and oxygen atoms in total. The van der Waals surface area contributed by atoms with Gasteiger partial charge in [-0.25, -0.2) is 4.39 Å². The highest BCUT2D eigenvalue weighted by atomic mass is 19.1. The number of rotatable bonds is 0. The summed E-state index contributed by atoms with van der Waals surface area (Å²) in [7, 11) is 0. The van der Waals surface area contributed by atoms with Gasteiger partial charge in [0.2, 0.25) is 0 Å². The molecule has 0 aliphatic heterocycles. The van der Waals surface area contributed by atoms with E-state index in [4.69, 9.17) is 0 Å². The van der Waals surface area contributed by atoms with Gasteiger partial charge >= 0.3 is 0 Å². The molecular weight excluding hydrogens is 331 g/mol. The monoisotopic (exact) mass is 352 g/mol.